The molecule has 2 N–H and O–H groups in total. The van der Waals surface area contributed by atoms with Crippen LogP contribution in [-0.2, 0) is 13.0 Å². The molecule has 1 aliphatic rings. The monoisotopic (exact) mass is 436 g/mol. The summed E-state index contributed by atoms with van der Waals surface area (Å²) < 4.78 is 0. The summed E-state index contributed by atoms with van der Waals surface area (Å²) in [6.07, 6.45) is 5.23. The van der Waals surface area contributed by atoms with Crippen LogP contribution in [0.25, 0.3) is 0 Å². The first kappa shape index (κ1) is 23.6. The average Bonchev–Trinajstić information content (AvgIpc) is 2.82. The number of anilines is 1. The Morgan fingerprint density at radius 1 is 1.16 bits per heavy atom. The molecule has 1 fully saturated rings. The number of hydrogen-bond donors (Lipinski definition) is 2. The highest BCUT2D eigenvalue weighted by atomic mass is 16.2. The topological polar surface area (TPSA) is 72.9 Å². The van der Waals surface area contributed by atoms with Crippen LogP contribution in [0.3, 0.4) is 0 Å². The van der Waals surface area contributed by atoms with Crippen LogP contribution in [0.15, 0.2) is 47.6 Å². The Labute approximate surface area is 191 Å². The molecule has 0 radical (unpaired) electrons. The Morgan fingerprint density at radius 2 is 1.94 bits per heavy atom. The minimum atomic E-state index is 0.0201. The normalized spacial score (nSPS) is 14.9. The van der Waals surface area contributed by atoms with Crippen molar-refractivity contribution in [3.05, 3.63) is 59.3 Å². The standard InChI is InChI=1S/C25H36N6O/c1-19-11-14-31(15-12-19)23-9-8-21(17-28-23)18-29-25(26-2)27-13-10-20-6-5-7-22(16-20)24(32)30(3)4/h5-9,16-17,19H,10-15,18H2,1-4H3,(H2,26,27,29). The predicted molar refractivity (Wildman–Crippen MR) is 131 cm³/mol. The molecule has 1 amide bonds. The molecule has 7 nitrogen and oxygen atoms in total. The first-order chi connectivity index (χ1) is 15.5. The van der Waals surface area contributed by atoms with E-state index in [1.807, 2.05) is 30.5 Å². The summed E-state index contributed by atoms with van der Waals surface area (Å²) in [6, 6.07) is 12.0. The van der Waals surface area contributed by atoms with Crippen molar-refractivity contribution in [2.24, 2.45) is 10.9 Å². The molecule has 0 atom stereocenters. The molecule has 32 heavy (non-hydrogen) atoms. The molecule has 0 unspecified atom stereocenters. The van der Waals surface area contributed by atoms with Gasteiger partial charge in [0.1, 0.15) is 5.82 Å². The van der Waals surface area contributed by atoms with Gasteiger partial charge in [-0.1, -0.05) is 25.1 Å². The lowest BCUT2D eigenvalue weighted by Crippen LogP contribution is -2.38. The molecule has 172 valence electrons. The van der Waals surface area contributed by atoms with Crippen molar-refractivity contribution in [1.29, 1.82) is 0 Å². The third kappa shape index (κ3) is 6.70. The van der Waals surface area contributed by atoms with Gasteiger partial charge >= 0.3 is 0 Å². The van der Waals surface area contributed by atoms with Crippen LogP contribution in [-0.4, -0.2) is 62.5 Å². The van der Waals surface area contributed by atoms with E-state index < -0.39 is 0 Å². The molecule has 1 saturated heterocycles. The van der Waals surface area contributed by atoms with Gasteiger partial charge in [0.25, 0.3) is 5.91 Å². The lowest BCUT2D eigenvalue weighted by Gasteiger charge is -2.31. The number of rotatable bonds is 7. The van der Waals surface area contributed by atoms with E-state index in [0.717, 1.165) is 54.9 Å². The number of aromatic nitrogens is 1. The number of nitrogens with one attached hydrogen (secondary N) is 2. The zero-order valence-corrected chi connectivity index (χ0v) is 19.8. The third-order valence-corrected chi connectivity index (χ3v) is 5.89. The second-order valence-electron chi connectivity index (χ2n) is 8.70. The molecule has 3 rings (SSSR count). The third-order valence-electron chi connectivity index (χ3n) is 5.89. The fraction of sp³-hybridized carbons (Fsp3) is 0.480. The van der Waals surface area contributed by atoms with Crippen LogP contribution in [0.1, 0.15) is 41.3 Å². The van der Waals surface area contributed by atoms with Crippen LogP contribution in [0.2, 0.25) is 0 Å². The predicted octanol–water partition coefficient (Wildman–Crippen LogP) is 2.93. The van der Waals surface area contributed by atoms with E-state index >= 15 is 0 Å². The number of hydrogen-bond acceptors (Lipinski definition) is 4. The molecule has 0 spiro atoms. The number of guanidine groups is 1. The highest BCUT2D eigenvalue weighted by Crippen LogP contribution is 2.21. The van der Waals surface area contributed by atoms with Gasteiger partial charge in [0.2, 0.25) is 0 Å². The fourth-order valence-electron chi connectivity index (χ4n) is 3.80. The Morgan fingerprint density at radius 3 is 2.59 bits per heavy atom. The lowest BCUT2D eigenvalue weighted by atomic mass is 9.99. The van der Waals surface area contributed by atoms with Crippen molar-refractivity contribution in [2.75, 3.05) is 45.7 Å². The summed E-state index contributed by atoms with van der Waals surface area (Å²) in [6.45, 7) is 5.90. The molecular weight excluding hydrogens is 400 g/mol. The molecule has 1 aromatic carbocycles. The first-order valence-electron chi connectivity index (χ1n) is 11.4. The quantitative estimate of drug-likeness (QED) is 0.516. The van der Waals surface area contributed by atoms with Gasteiger partial charge in [-0.3, -0.25) is 9.79 Å². The minimum Gasteiger partial charge on any atom is -0.357 e. The zero-order valence-electron chi connectivity index (χ0n) is 19.8. The summed E-state index contributed by atoms with van der Waals surface area (Å²) >= 11 is 0. The second-order valence-corrected chi connectivity index (χ2v) is 8.70. The molecule has 0 bridgehead atoms. The average molecular weight is 437 g/mol. The second kappa shape index (κ2) is 11.5. The van der Waals surface area contributed by atoms with Crippen molar-refractivity contribution in [3.63, 3.8) is 0 Å². The maximum atomic E-state index is 12.1. The van der Waals surface area contributed by atoms with Crippen molar-refractivity contribution < 1.29 is 4.79 Å². The maximum absolute atomic E-state index is 12.1. The van der Waals surface area contributed by atoms with E-state index in [9.17, 15) is 4.79 Å². The summed E-state index contributed by atoms with van der Waals surface area (Å²) in [7, 11) is 5.30. The largest absolute Gasteiger partial charge is 0.357 e. The molecule has 1 aliphatic heterocycles. The van der Waals surface area contributed by atoms with E-state index in [0.29, 0.717) is 12.1 Å². The van der Waals surface area contributed by atoms with E-state index in [1.165, 1.54) is 12.8 Å². The van der Waals surface area contributed by atoms with Gasteiger partial charge < -0.3 is 20.4 Å². The van der Waals surface area contributed by atoms with Crippen molar-refractivity contribution in [1.82, 2.24) is 20.5 Å². The SMILES string of the molecule is CN=C(NCCc1cccc(C(=O)N(C)C)c1)NCc1ccc(N2CCC(C)CC2)nc1. The van der Waals surface area contributed by atoms with E-state index in [1.54, 1.807) is 26.0 Å². The molecule has 0 aliphatic carbocycles. The van der Waals surface area contributed by atoms with Crippen LogP contribution in [0, 0.1) is 5.92 Å². The van der Waals surface area contributed by atoms with Gasteiger partial charge in [-0.25, -0.2) is 4.98 Å². The van der Waals surface area contributed by atoms with E-state index in [-0.39, 0.29) is 5.91 Å². The van der Waals surface area contributed by atoms with Crippen molar-refractivity contribution in [2.45, 2.75) is 32.7 Å². The number of benzene rings is 1. The van der Waals surface area contributed by atoms with Gasteiger partial charge in [-0.2, -0.15) is 0 Å². The van der Waals surface area contributed by atoms with Crippen LogP contribution >= 0.6 is 0 Å². The van der Waals surface area contributed by atoms with E-state index in [4.69, 9.17) is 0 Å². The van der Waals surface area contributed by atoms with Gasteiger partial charge in [0, 0.05) is 59.1 Å². The van der Waals surface area contributed by atoms with Gasteiger partial charge in [-0.05, 0) is 54.5 Å². The van der Waals surface area contributed by atoms with Crippen LogP contribution in [0.5, 0.6) is 0 Å². The lowest BCUT2D eigenvalue weighted by molar-refractivity contribution is 0.0827. The summed E-state index contributed by atoms with van der Waals surface area (Å²) in [4.78, 5) is 25.1. The first-order valence-corrected chi connectivity index (χ1v) is 11.4. The number of amides is 1. The maximum Gasteiger partial charge on any atom is 0.253 e. The number of aliphatic imine (C=N–C) groups is 1. The summed E-state index contributed by atoms with van der Waals surface area (Å²) in [5.74, 6) is 2.66. The number of pyridine rings is 1. The molecule has 1 aromatic heterocycles. The molecule has 2 aromatic rings. The smallest absolute Gasteiger partial charge is 0.253 e. The van der Waals surface area contributed by atoms with Crippen molar-refractivity contribution >= 4 is 17.7 Å². The van der Waals surface area contributed by atoms with E-state index in [2.05, 4.69) is 44.6 Å². The molecule has 7 heteroatoms. The Bertz CT molecular complexity index is 901. The fourth-order valence-corrected chi connectivity index (χ4v) is 3.80. The van der Waals surface area contributed by atoms with Crippen LogP contribution < -0.4 is 15.5 Å². The number of carbonyl (C=O) groups is 1. The Kier molecular flexibility index (Phi) is 8.48. The molecular formula is C25H36N6O. The highest BCUT2D eigenvalue weighted by Gasteiger charge is 2.16. The minimum absolute atomic E-state index is 0.0201. The summed E-state index contributed by atoms with van der Waals surface area (Å²) in [5.41, 5.74) is 2.95. The van der Waals surface area contributed by atoms with Gasteiger partial charge in [0.15, 0.2) is 5.96 Å². The molecule has 0 saturated carbocycles. The number of carbonyl (C=O) groups excluding carboxylic acids is 1. The Hall–Kier alpha value is -3.09. The highest BCUT2D eigenvalue weighted by molar-refractivity contribution is 5.94. The van der Waals surface area contributed by atoms with Gasteiger partial charge in [0.05, 0.1) is 0 Å². The van der Waals surface area contributed by atoms with Crippen LogP contribution in [0.4, 0.5) is 5.82 Å². The van der Waals surface area contributed by atoms with Gasteiger partial charge in [-0.15, -0.1) is 0 Å². The number of piperidine rings is 1. The Balaban J connectivity index is 1.44. The number of nitrogens with zero attached hydrogens (tertiary/aromatic N) is 4. The summed E-state index contributed by atoms with van der Waals surface area (Å²) in [5, 5.41) is 6.69. The zero-order chi connectivity index (χ0) is 22.9. The molecule has 2 heterocycles. The van der Waals surface area contributed by atoms with Crippen molar-refractivity contribution in [3.8, 4) is 0 Å².